The lowest BCUT2D eigenvalue weighted by atomic mass is 9.81. The van der Waals surface area contributed by atoms with Crippen LogP contribution in [0.15, 0.2) is 24.3 Å². The number of nitrogens with one attached hydrogen (secondary N) is 1. The molecule has 3 atom stereocenters. The number of hydrogen-bond acceptors (Lipinski definition) is 3. The number of benzene rings is 1. The van der Waals surface area contributed by atoms with Gasteiger partial charge in [-0.05, 0) is 49.4 Å². The van der Waals surface area contributed by atoms with E-state index in [-0.39, 0.29) is 23.0 Å². The molecule has 1 fully saturated rings. The average Bonchev–Trinajstić information content (AvgIpc) is 2.45. The van der Waals surface area contributed by atoms with Crippen LogP contribution in [0.3, 0.4) is 0 Å². The molecule has 0 spiro atoms. The zero-order valence-electron chi connectivity index (χ0n) is 12.7. The normalized spacial score (nSPS) is 24.7. The summed E-state index contributed by atoms with van der Waals surface area (Å²) in [6.07, 6.45) is 4.73. The van der Waals surface area contributed by atoms with Gasteiger partial charge in [0.2, 0.25) is 0 Å². The minimum atomic E-state index is -2.98. The molecule has 2 rings (SSSR count). The lowest BCUT2D eigenvalue weighted by molar-refractivity contribution is 0.275. The van der Waals surface area contributed by atoms with E-state index in [1.54, 1.807) is 12.1 Å². The molecule has 1 saturated carbocycles. The fraction of sp³-hybridized carbons (Fsp3) is 0.625. The Morgan fingerprint density at radius 1 is 1.29 bits per heavy atom. The summed E-state index contributed by atoms with van der Waals surface area (Å²) < 4.78 is 36.7. The quantitative estimate of drug-likeness (QED) is 0.908. The molecule has 0 radical (unpaired) electrons. The van der Waals surface area contributed by atoms with E-state index in [1.165, 1.54) is 18.4 Å². The van der Waals surface area contributed by atoms with Gasteiger partial charge in [0.15, 0.2) is 0 Å². The van der Waals surface area contributed by atoms with E-state index in [2.05, 4.69) is 5.32 Å². The zero-order valence-corrected chi connectivity index (χ0v) is 13.5. The predicted molar refractivity (Wildman–Crippen MR) is 83.4 cm³/mol. The first-order chi connectivity index (χ1) is 9.91. The predicted octanol–water partition coefficient (Wildman–Crippen LogP) is 3.08. The maximum Gasteiger partial charge on any atom is 0.150 e. The van der Waals surface area contributed by atoms with Crippen molar-refractivity contribution in [2.45, 2.75) is 43.9 Å². The van der Waals surface area contributed by atoms with Gasteiger partial charge in [-0.3, -0.25) is 0 Å². The van der Waals surface area contributed by atoms with Crippen LogP contribution in [-0.4, -0.2) is 26.5 Å². The summed E-state index contributed by atoms with van der Waals surface area (Å²) in [5, 5.41) is 3.20. The second-order valence-electron chi connectivity index (χ2n) is 5.97. The van der Waals surface area contributed by atoms with Gasteiger partial charge in [0, 0.05) is 12.3 Å². The molecular weight excluding hydrogens is 289 g/mol. The second kappa shape index (κ2) is 6.88. The van der Waals surface area contributed by atoms with Gasteiger partial charge in [0.05, 0.1) is 5.25 Å². The maximum atomic E-state index is 13.1. The third-order valence-corrected chi connectivity index (χ3v) is 6.04. The van der Waals surface area contributed by atoms with E-state index >= 15 is 0 Å². The summed E-state index contributed by atoms with van der Waals surface area (Å²) in [5.41, 5.74) is 1.04. The molecule has 1 aliphatic carbocycles. The van der Waals surface area contributed by atoms with Gasteiger partial charge in [-0.25, -0.2) is 12.8 Å². The standard InChI is InChI=1S/C16H24FNO2S/c1-3-18-16(12-7-9-14(17)10-8-12)13-5-4-6-15(11-13)21(2,19)20/h7-10,13,15-16,18H,3-6,11H2,1-2H3. The molecule has 1 aromatic carbocycles. The Bertz CT molecular complexity index is 556. The highest BCUT2D eigenvalue weighted by Gasteiger charge is 2.33. The van der Waals surface area contributed by atoms with Crippen molar-refractivity contribution in [2.24, 2.45) is 5.92 Å². The number of rotatable bonds is 5. The van der Waals surface area contributed by atoms with Crippen molar-refractivity contribution in [2.75, 3.05) is 12.8 Å². The molecule has 3 unspecified atom stereocenters. The Labute approximate surface area is 126 Å². The fourth-order valence-corrected chi connectivity index (χ4v) is 4.51. The molecule has 21 heavy (non-hydrogen) atoms. The zero-order chi connectivity index (χ0) is 15.5. The molecule has 1 aliphatic rings. The third-order valence-electron chi connectivity index (χ3n) is 4.40. The van der Waals surface area contributed by atoms with Gasteiger partial charge in [0.25, 0.3) is 0 Å². The van der Waals surface area contributed by atoms with Gasteiger partial charge in [-0.2, -0.15) is 0 Å². The first kappa shape index (κ1) is 16.4. The van der Waals surface area contributed by atoms with Crippen molar-refractivity contribution in [3.63, 3.8) is 0 Å². The van der Waals surface area contributed by atoms with E-state index < -0.39 is 9.84 Å². The molecule has 1 aromatic rings. The molecular formula is C16H24FNO2S. The van der Waals surface area contributed by atoms with E-state index in [4.69, 9.17) is 0 Å². The van der Waals surface area contributed by atoms with Gasteiger partial charge >= 0.3 is 0 Å². The topological polar surface area (TPSA) is 46.2 Å². The molecule has 0 amide bonds. The minimum Gasteiger partial charge on any atom is -0.310 e. The van der Waals surface area contributed by atoms with Gasteiger partial charge in [-0.15, -0.1) is 0 Å². The molecule has 0 heterocycles. The van der Waals surface area contributed by atoms with Crippen LogP contribution in [0.4, 0.5) is 4.39 Å². The number of sulfone groups is 1. The molecule has 0 aromatic heterocycles. The summed E-state index contributed by atoms with van der Waals surface area (Å²) in [6, 6.07) is 6.63. The van der Waals surface area contributed by atoms with Crippen molar-refractivity contribution in [1.82, 2.24) is 5.32 Å². The lowest BCUT2D eigenvalue weighted by Gasteiger charge is -2.34. The Morgan fingerprint density at radius 3 is 2.52 bits per heavy atom. The Hall–Kier alpha value is -0.940. The van der Waals surface area contributed by atoms with Crippen LogP contribution in [0.5, 0.6) is 0 Å². The molecule has 0 saturated heterocycles. The average molecular weight is 313 g/mol. The van der Waals surface area contributed by atoms with Crippen LogP contribution in [0, 0.1) is 11.7 Å². The maximum absolute atomic E-state index is 13.1. The number of halogens is 1. The minimum absolute atomic E-state index is 0.0974. The summed E-state index contributed by atoms with van der Waals surface area (Å²) >= 11 is 0. The van der Waals surface area contributed by atoms with Crippen LogP contribution < -0.4 is 5.32 Å². The summed E-state index contributed by atoms with van der Waals surface area (Å²) in [6.45, 7) is 2.84. The molecule has 3 nitrogen and oxygen atoms in total. The first-order valence-electron chi connectivity index (χ1n) is 7.59. The van der Waals surface area contributed by atoms with Gasteiger partial charge in [-0.1, -0.05) is 25.5 Å². The SMILES string of the molecule is CCNC(c1ccc(F)cc1)C1CCCC(S(C)(=O)=O)C1. The van der Waals surface area contributed by atoms with Crippen molar-refractivity contribution in [3.05, 3.63) is 35.6 Å². The number of hydrogen-bond donors (Lipinski definition) is 1. The summed E-state index contributed by atoms with van der Waals surface area (Å²) in [7, 11) is -2.98. The molecule has 118 valence electrons. The molecule has 1 N–H and O–H groups in total. The first-order valence-corrected chi connectivity index (χ1v) is 9.55. The van der Waals surface area contributed by atoms with Crippen molar-refractivity contribution in [3.8, 4) is 0 Å². The van der Waals surface area contributed by atoms with E-state index in [0.717, 1.165) is 31.4 Å². The molecule has 5 heteroatoms. The highest BCUT2D eigenvalue weighted by molar-refractivity contribution is 7.91. The Balaban J connectivity index is 2.19. The Morgan fingerprint density at radius 2 is 1.95 bits per heavy atom. The molecule has 0 bridgehead atoms. The largest absolute Gasteiger partial charge is 0.310 e. The third kappa shape index (κ3) is 4.27. The summed E-state index contributed by atoms with van der Waals surface area (Å²) in [5.74, 6) is 0.0375. The lowest BCUT2D eigenvalue weighted by Crippen LogP contribution is -2.35. The van der Waals surface area contributed by atoms with E-state index in [9.17, 15) is 12.8 Å². The van der Waals surface area contributed by atoms with Crippen LogP contribution in [-0.2, 0) is 9.84 Å². The Kier molecular flexibility index (Phi) is 5.38. The monoisotopic (exact) mass is 313 g/mol. The second-order valence-corrected chi connectivity index (χ2v) is 8.29. The highest BCUT2D eigenvalue weighted by atomic mass is 32.2. The smallest absolute Gasteiger partial charge is 0.150 e. The highest BCUT2D eigenvalue weighted by Crippen LogP contribution is 2.36. The van der Waals surface area contributed by atoms with Gasteiger partial charge in [0.1, 0.15) is 15.7 Å². The van der Waals surface area contributed by atoms with Crippen molar-refractivity contribution < 1.29 is 12.8 Å². The van der Waals surface area contributed by atoms with E-state index in [0.29, 0.717) is 6.42 Å². The van der Waals surface area contributed by atoms with Crippen LogP contribution in [0.25, 0.3) is 0 Å². The molecule has 0 aliphatic heterocycles. The van der Waals surface area contributed by atoms with E-state index in [1.807, 2.05) is 6.92 Å². The van der Waals surface area contributed by atoms with Crippen molar-refractivity contribution >= 4 is 9.84 Å². The fourth-order valence-electron chi connectivity index (χ4n) is 3.32. The van der Waals surface area contributed by atoms with Crippen molar-refractivity contribution in [1.29, 1.82) is 0 Å². The van der Waals surface area contributed by atoms with Crippen LogP contribution >= 0.6 is 0 Å². The summed E-state index contributed by atoms with van der Waals surface area (Å²) in [4.78, 5) is 0. The van der Waals surface area contributed by atoms with Crippen LogP contribution in [0.2, 0.25) is 0 Å². The van der Waals surface area contributed by atoms with Crippen LogP contribution in [0.1, 0.15) is 44.2 Å². The van der Waals surface area contributed by atoms with Gasteiger partial charge < -0.3 is 5.32 Å².